The second kappa shape index (κ2) is 6.38. The molecule has 6 nitrogen and oxygen atoms in total. The van der Waals surface area contributed by atoms with Gasteiger partial charge < -0.3 is 10.2 Å². The highest BCUT2D eigenvalue weighted by Gasteiger charge is 2.39. The summed E-state index contributed by atoms with van der Waals surface area (Å²) in [7, 11) is 0. The Morgan fingerprint density at radius 3 is 2.68 bits per heavy atom. The van der Waals surface area contributed by atoms with Gasteiger partial charge in [-0.25, -0.2) is 4.79 Å². The van der Waals surface area contributed by atoms with E-state index in [9.17, 15) is 27.6 Å². The number of likely N-dealkylation sites (tertiary alicyclic amines) is 1. The van der Waals surface area contributed by atoms with Crippen molar-refractivity contribution in [1.29, 1.82) is 0 Å². The zero-order valence-corrected chi connectivity index (χ0v) is 13.2. The Balaban J connectivity index is 1.63. The molecule has 0 radical (unpaired) electrons. The highest BCUT2D eigenvalue weighted by molar-refractivity contribution is 6.02. The lowest BCUT2D eigenvalue weighted by molar-refractivity contribution is -0.138. The van der Waals surface area contributed by atoms with Gasteiger partial charge in [-0.3, -0.25) is 14.5 Å². The van der Waals surface area contributed by atoms with Gasteiger partial charge in [-0.2, -0.15) is 13.2 Å². The molecule has 2 heterocycles. The van der Waals surface area contributed by atoms with Crippen LogP contribution in [0.1, 0.15) is 17.5 Å². The topological polar surface area (TPSA) is 69.7 Å². The quantitative estimate of drug-likeness (QED) is 0.834. The van der Waals surface area contributed by atoms with E-state index in [0.717, 1.165) is 17.0 Å². The molecule has 1 aromatic carbocycles. The average Bonchev–Trinajstić information content (AvgIpc) is 3.13. The first-order valence-corrected chi connectivity index (χ1v) is 7.79. The van der Waals surface area contributed by atoms with Crippen LogP contribution in [-0.2, 0) is 22.2 Å². The Labute approximate surface area is 141 Å². The van der Waals surface area contributed by atoms with Crippen molar-refractivity contribution in [3.8, 4) is 0 Å². The molecule has 2 fully saturated rings. The minimum atomic E-state index is -4.46. The Morgan fingerprint density at radius 2 is 2.04 bits per heavy atom. The zero-order valence-electron chi connectivity index (χ0n) is 13.2. The largest absolute Gasteiger partial charge is 0.416 e. The van der Waals surface area contributed by atoms with Crippen molar-refractivity contribution in [3.63, 3.8) is 0 Å². The van der Waals surface area contributed by atoms with Crippen LogP contribution in [-0.4, -0.2) is 53.3 Å². The molecule has 0 aromatic heterocycles. The van der Waals surface area contributed by atoms with Crippen molar-refractivity contribution < 1.29 is 27.6 Å². The fraction of sp³-hybridized carbons (Fsp3) is 0.438. The van der Waals surface area contributed by atoms with Crippen LogP contribution in [0, 0.1) is 0 Å². The number of urea groups is 1. The summed E-state index contributed by atoms with van der Waals surface area (Å²) in [5.41, 5.74) is -0.519. The summed E-state index contributed by atoms with van der Waals surface area (Å²) < 4.78 is 38.2. The van der Waals surface area contributed by atoms with Crippen molar-refractivity contribution in [2.75, 3.05) is 19.6 Å². The lowest BCUT2D eigenvalue weighted by Crippen LogP contribution is -2.43. The summed E-state index contributed by atoms with van der Waals surface area (Å²) in [5.74, 6) is -0.656. The maximum Gasteiger partial charge on any atom is 0.416 e. The molecule has 0 bridgehead atoms. The standard InChI is InChI=1S/C16H16F3N3O3/c17-16(18,19)11-3-1-2-10(6-11)7-13(23)21-5-4-12(9-21)22-14(24)8-20-15(22)25/h1-3,6,12H,4-5,7-9H2,(H,20,25). The monoisotopic (exact) mass is 355 g/mol. The summed E-state index contributed by atoms with van der Waals surface area (Å²) >= 11 is 0. The van der Waals surface area contributed by atoms with Crippen LogP contribution in [0.15, 0.2) is 24.3 Å². The molecule has 3 rings (SSSR count). The molecule has 2 saturated heterocycles. The van der Waals surface area contributed by atoms with E-state index in [1.165, 1.54) is 17.0 Å². The van der Waals surface area contributed by atoms with Gasteiger partial charge in [0.15, 0.2) is 0 Å². The number of hydrogen-bond donors (Lipinski definition) is 1. The number of hydrogen-bond acceptors (Lipinski definition) is 3. The third-order valence-electron chi connectivity index (χ3n) is 4.37. The summed E-state index contributed by atoms with van der Waals surface area (Å²) in [6.07, 6.45) is -4.15. The van der Waals surface area contributed by atoms with Gasteiger partial charge in [-0.05, 0) is 18.1 Å². The van der Waals surface area contributed by atoms with Crippen molar-refractivity contribution in [2.45, 2.75) is 25.1 Å². The van der Waals surface area contributed by atoms with Crippen LogP contribution in [0.5, 0.6) is 0 Å². The fourth-order valence-electron chi connectivity index (χ4n) is 3.13. The lowest BCUT2D eigenvalue weighted by atomic mass is 10.1. The molecule has 0 spiro atoms. The molecule has 2 aliphatic rings. The van der Waals surface area contributed by atoms with Gasteiger partial charge in [0.05, 0.1) is 24.6 Å². The van der Waals surface area contributed by atoms with Crippen molar-refractivity contribution >= 4 is 17.8 Å². The maximum atomic E-state index is 12.7. The smallest absolute Gasteiger partial charge is 0.340 e. The van der Waals surface area contributed by atoms with E-state index in [1.54, 1.807) is 0 Å². The highest BCUT2D eigenvalue weighted by Crippen LogP contribution is 2.29. The van der Waals surface area contributed by atoms with E-state index in [2.05, 4.69) is 5.32 Å². The minimum Gasteiger partial charge on any atom is -0.340 e. The van der Waals surface area contributed by atoms with Crippen molar-refractivity contribution in [2.24, 2.45) is 0 Å². The molecule has 1 aromatic rings. The Kier molecular flexibility index (Phi) is 4.40. The number of nitrogens with one attached hydrogen (secondary N) is 1. The van der Waals surface area contributed by atoms with Crippen LogP contribution in [0.2, 0.25) is 0 Å². The number of imide groups is 1. The fourth-order valence-corrected chi connectivity index (χ4v) is 3.13. The minimum absolute atomic E-state index is 0.0481. The first kappa shape index (κ1) is 17.2. The third-order valence-corrected chi connectivity index (χ3v) is 4.37. The first-order valence-electron chi connectivity index (χ1n) is 7.79. The number of rotatable bonds is 3. The van der Waals surface area contributed by atoms with Gasteiger partial charge in [0, 0.05) is 13.1 Å². The molecule has 1 unspecified atom stereocenters. The van der Waals surface area contributed by atoms with Gasteiger partial charge in [-0.1, -0.05) is 18.2 Å². The predicted octanol–water partition coefficient (Wildman–Crippen LogP) is 1.40. The SMILES string of the molecule is O=C(Cc1cccc(C(F)(F)F)c1)N1CCC(N2C(=O)CNC2=O)C1. The number of amides is 4. The number of halogens is 3. The van der Waals surface area contributed by atoms with E-state index in [0.29, 0.717) is 13.0 Å². The van der Waals surface area contributed by atoms with Gasteiger partial charge in [-0.15, -0.1) is 0 Å². The molecule has 2 aliphatic heterocycles. The maximum absolute atomic E-state index is 12.7. The van der Waals surface area contributed by atoms with Crippen molar-refractivity contribution in [1.82, 2.24) is 15.1 Å². The number of benzene rings is 1. The Morgan fingerprint density at radius 1 is 1.28 bits per heavy atom. The molecule has 0 saturated carbocycles. The van der Waals surface area contributed by atoms with Crippen LogP contribution in [0.4, 0.5) is 18.0 Å². The Bertz CT molecular complexity index is 704. The number of alkyl halides is 3. The normalized spacial score (nSPS) is 21.0. The summed E-state index contributed by atoms with van der Waals surface area (Å²) in [6, 6.07) is 3.80. The predicted molar refractivity (Wildman–Crippen MR) is 80.4 cm³/mol. The van der Waals surface area contributed by atoms with Gasteiger partial charge in [0.1, 0.15) is 0 Å². The number of carbonyl (C=O) groups is 3. The number of carbonyl (C=O) groups excluding carboxylic acids is 3. The molecule has 1 N–H and O–H groups in total. The Hall–Kier alpha value is -2.58. The van der Waals surface area contributed by atoms with Gasteiger partial charge in [0.25, 0.3) is 0 Å². The van der Waals surface area contributed by atoms with Crippen LogP contribution < -0.4 is 5.32 Å². The molecule has 0 aliphatic carbocycles. The summed E-state index contributed by atoms with van der Waals surface area (Å²) in [5, 5.41) is 2.43. The van der Waals surface area contributed by atoms with Gasteiger partial charge >= 0.3 is 12.2 Å². The van der Waals surface area contributed by atoms with E-state index >= 15 is 0 Å². The lowest BCUT2D eigenvalue weighted by Gasteiger charge is -2.21. The summed E-state index contributed by atoms with van der Waals surface area (Å²) in [4.78, 5) is 38.3. The summed E-state index contributed by atoms with van der Waals surface area (Å²) in [6.45, 7) is 0.518. The van der Waals surface area contributed by atoms with E-state index in [4.69, 9.17) is 0 Å². The molecule has 1 atom stereocenters. The molecular weight excluding hydrogens is 339 g/mol. The first-order chi connectivity index (χ1) is 11.8. The van der Waals surface area contributed by atoms with Crippen LogP contribution in [0.3, 0.4) is 0 Å². The second-order valence-electron chi connectivity index (χ2n) is 6.08. The van der Waals surface area contributed by atoms with E-state index < -0.39 is 17.8 Å². The van der Waals surface area contributed by atoms with Crippen molar-refractivity contribution in [3.05, 3.63) is 35.4 Å². The van der Waals surface area contributed by atoms with Crippen LogP contribution >= 0.6 is 0 Å². The molecule has 4 amide bonds. The highest BCUT2D eigenvalue weighted by atomic mass is 19.4. The molecule has 9 heteroatoms. The van der Waals surface area contributed by atoms with Crippen LogP contribution in [0.25, 0.3) is 0 Å². The second-order valence-corrected chi connectivity index (χ2v) is 6.08. The zero-order chi connectivity index (χ0) is 18.2. The molecule has 134 valence electrons. The van der Waals surface area contributed by atoms with E-state index in [1.807, 2.05) is 0 Å². The number of nitrogens with zero attached hydrogens (tertiary/aromatic N) is 2. The molecule has 25 heavy (non-hydrogen) atoms. The molecular formula is C16H16F3N3O3. The van der Waals surface area contributed by atoms with E-state index in [-0.39, 0.29) is 42.9 Å². The van der Waals surface area contributed by atoms with Gasteiger partial charge in [0.2, 0.25) is 11.8 Å². The third kappa shape index (κ3) is 3.59. The average molecular weight is 355 g/mol.